The average Bonchev–Trinajstić information content (AvgIpc) is 3.25. The van der Waals surface area contributed by atoms with Crippen LogP contribution in [0, 0.1) is 0 Å². The van der Waals surface area contributed by atoms with Crippen LogP contribution >= 0.6 is 0 Å². The number of hydrogen-bond acceptors (Lipinski definition) is 3. The zero-order valence-electron chi connectivity index (χ0n) is 18.9. The molecule has 170 valence electrons. The maximum absolute atomic E-state index is 13.8. The molecule has 2 atom stereocenters. The number of benzene rings is 3. The van der Waals surface area contributed by atoms with Crippen molar-refractivity contribution in [2.75, 3.05) is 13.7 Å². The van der Waals surface area contributed by atoms with Crippen molar-refractivity contribution in [1.29, 1.82) is 0 Å². The second-order valence-electron chi connectivity index (χ2n) is 8.94. The lowest BCUT2D eigenvalue weighted by Gasteiger charge is -2.47. The van der Waals surface area contributed by atoms with Gasteiger partial charge < -0.3 is 19.5 Å². The van der Waals surface area contributed by atoms with Crippen molar-refractivity contribution < 1.29 is 14.3 Å². The molecule has 6 rings (SSSR count). The maximum Gasteiger partial charge on any atom is 0.246 e. The zero-order chi connectivity index (χ0) is 23.2. The first-order chi connectivity index (χ1) is 16.6. The van der Waals surface area contributed by atoms with Crippen LogP contribution in [0.2, 0.25) is 0 Å². The summed E-state index contributed by atoms with van der Waals surface area (Å²) in [7, 11) is 1.63. The summed E-state index contributed by atoms with van der Waals surface area (Å²) in [6.45, 7) is 0.468. The van der Waals surface area contributed by atoms with E-state index < -0.39 is 6.04 Å². The Morgan fingerprint density at radius 2 is 1.68 bits per heavy atom. The summed E-state index contributed by atoms with van der Waals surface area (Å²) < 4.78 is 5.24. The summed E-state index contributed by atoms with van der Waals surface area (Å²) in [6, 6.07) is 24.9. The number of H-pyrrole nitrogens is 1. The number of rotatable bonds is 4. The Kier molecular flexibility index (Phi) is 4.87. The second kappa shape index (κ2) is 8.06. The number of piperazine rings is 1. The van der Waals surface area contributed by atoms with Crippen molar-refractivity contribution in [2.45, 2.75) is 25.0 Å². The lowest BCUT2D eigenvalue weighted by Crippen LogP contribution is -2.62. The molecule has 2 aliphatic heterocycles. The molecule has 0 radical (unpaired) electrons. The summed E-state index contributed by atoms with van der Waals surface area (Å²) >= 11 is 0. The quantitative estimate of drug-likeness (QED) is 0.509. The Morgan fingerprint density at radius 3 is 2.44 bits per heavy atom. The van der Waals surface area contributed by atoms with Crippen molar-refractivity contribution in [3.63, 3.8) is 0 Å². The first-order valence-corrected chi connectivity index (χ1v) is 11.5. The smallest absolute Gasteiger partial charge is 0.246 e. The highest BCUT2D eigenvalue weighted by molar-refractivity contribution is 5.97. The number of aromatic amines is 1. The molecule has 2 aliphatic rings. The molecule has 0 saturated carbocycles. The number of carbonyl (C=O) groups is 2. The van der Waals surface area contributed by atoms with Gasteiger partial charge in [-0.15, -0.1) is 0 Å². The van der Waals surface area contributed by atoms with Gasteiger partial charge in [0.05, 0.1) is 13.2 Å². The number of fused-ring (bicyclic) bond motifs is 4. The summed E-state index contributed by atoms with van der Waals surface area (Å²) in [5, 5.41) is 1.12. The largest absolute Gasteiger partial charge is 0.497 e. The molecule has 3 heterocycles. The molecule has 0 spiro atoms. The molecule has 1 N–H and O–H groups in total. The van der Waals surface area contributed by atoms with Crippen molar-refractivity contribution >= 4 is 22.7 Å². The number of para-hydroxylation sites is 1. The number of hydrogen-bond donors (Lipinski definition) is 1. The van der Waals surface area contributed by atoms with E-state index in [4.69, 9.17) is 4.74 Å². The maximum atomic E-state index is 13.8. The van der Waals surface area contributed by atoms with Crippen LogP contribution in [-0.4, -0.2) is 46.3 Å². The third kappa shape index (κ3) is 3.25. The number of methoxy groups -OCH3 is 1. The van der Waals surface area contributed by atoms with Crippen molar-refractivity contribution in [2.24, 2.45) is 0 Å². The average molecular weight is 452 g/mol. The molecule has 3 aromatic carbocycles. The van der Waals surface area contributed by atoms with Crippen LogP contribution in [0.25, 0.3) is 10.9 Å². The molecule has 0 bridgehead atoms. The zero-order valence-corrected chi connectivity index (χ0v) is 18.9. The Morgan fingerprint density at radius 1 is 0.941 bits per heavy atom. The van der Waals surface area contributed by atoms with Gasteiger partial charge in [-0.3, -0.25) is 9.59 Å². The Hall–Kier alpha value is -4.06. The Balaban J connectivity index is 1.41. The molecule has 6 nitrogen and oxygen atoms in total. The van der Waals surface area contributed by atoms with Crippen LogP contribution in [0.1, 0.15) is 28.4 Å². The minimum Gasteiger partial charge on any atom is -0.497 e. The molecule has 1 unspecified atom stereocenters. The number of carbonyl (C=O) groups excluding carboxylic acids is 2. The molecule has 1 aromatic heterocycles. The van der Waals surface area contributed by atoms with Gasteiger partial charge >= 0.3 is 0 Å². The standard InChI is InChI=1S/C28H25N3O3/c1-34-20-13-11-18(12-14-20)16-30-17-25(32)31-24(28(30)33)15-22-21-9-5-6-10-23(21)29-26(22)27(31)19-7-3-2-4-8-19/h2-14,24,27,29H,15-17H2,1H3/t24-,27?/m0/s1. The van der Waals surface area contributed by atoms with E-state index in [9.17, 15) is 9.59 Å². The monoisotopic (exact) mass is 451 g/mol. The molecule has 34 heavy (non-hydrogen) atoms. The van der Waals surface area contributed by atoms with Gasteiger partial charge in [0.25, 0.3) is 0 Å². The van der Waals surface area contributed by atoms with E-state index in [-0.39, 0.29) is 24.4 Å². The van der Waals surface area contributed by atoms with E-state index in [1.54, 1.807) is 16.9 Å². The summed E-state index contributed by atoms with van der Waals surface area (Å²) in [6.07, 6.45) is 0.506. The highest BCUT2D eigenvalue weighted by Gasteiger charge is 2.48. The lowest BCUT2D eigenvalue weighted by molar-refractivity contribution is -0.159. The fraction of sp³-hybridized carbons (Fsp3) is 0.214. The lowest BCUT2D eigenvalue weighted by atomic mass is 9.86. The number of nitrogens with zero attached hydrogens (tertiary/aromatic N) is 2. The number of nitrogens with one attached hydrogen (secondary N) is 1. The molecule has 2 amide bonds. The predicted octanol–water partition coefficient (Wildman–Crippen LogP) is 4.06. The minimum atomic E-state index is -0.531. The van der Waals surface area contributed by atoms with Gasteiger partial charge in [-0.05, 0) is 34.9 Å². The van der Waals surface area contributed by atoms with Crippen LogP contribution in [0.4, 0.5) is 0 Å². The van der Waals surface area contributed by atoms with Gasteiger partial charge in [0.1, 0.15) is 18.3 Å². The molecular weight excluding hydrogens is 426 g/mol. The van der Waals surface area contributed by atoms with E-state index in [1.165, 1.54) is 0 Å². The van der Waals surface area contributed by atoms with Gasteiger partial charge in [-0.2, -0.15) is 0 Å². The SMILES string of the molecule is COc1ccc(CN2CC(=O)N3C(c4ccccc4)c4[nH]c5ccccc5c4C[C@H]3C2=O)cc1. The summed E-state index contributed by atoms with van der Waals surface area (Å²) in [5.74, 6) is 0.726. The van der Waals surface area contributed by atoms with E-state index in [0.29, 0.717) is 13.0 Å². The Bertz CT molecular complexity index is 1380. The molecule has 1 fully saturated rings. The van der Waals surface area contributed by atoms with Crippen LogP contribution in [-0.2, 0) is 22.6 Å². The van der Waals surface area contributed by atoms with Crippen molar-refractivity contribution in [3.05, 3.63) is 101 Å². The van der Waals surface area contributed by atoms with Crippen LogP contribution < -0.4 is 4.74 Å². The number of aromatic nitrogens is 1. The topological polar surface area (TPSA) is 65.6 Å². The Labute approximate surface area is 197 Å². The fourth-order valence-corrected chi connectivity index (χ4v) is 5.39. The van der Waals surface area contributed by atoms with E-state index in [2.05, 4.69) is 11.1 Å². The van der Waals surface area contributed by atoms with Gasteiger partial charge in [0, 0.05) is 29.6 Å². The third-order valence-corrected chi connectivity index (χ3v) is 6.99. The molecule has 4 aromatic rings. The minimum absolute atomic E-state index is 0.00715. The first-order valence-electron chi connectivity index (χ1n) is 11.5. The highest BCUT2D eigenvalue weighted by atomic mass is 16.5. The van der Waals surface area contributed by atoms with Crippen LogP contribution in [0.5, 0.6) is 5.75 Å². The van der Waals surface area contributed by atoms with E-state index in [1.807, 2.05) is 72.8 Å². The van der Waals surface area contributed by atoms with Gasteiger partial charge in [0.2, 0.25) is 11.8 Å². The van der Waals surface area contributed by atoms with Crippen molar-refractivity contribution in [3.8, 4) is 5.75 Å². The summed E-state index contributed by atoms with van der Waals surface area (Å²) in [5.41, 5.74) is 5.14. The number of ether oxygens (including phenoxy) is 1. The van der Waals surface area contributed by atoms with Crippen molar-refractivity contribution in [1.82, 2.24) is 14.8 Å². The normalized spacial score (nSPS) is 19.8. The molecule has 6 heteroatoms. The van der Waals surface area contributed by atoms with Gasteiger partial charge in [0.15, 0.2) is 0 Å². The first kappa shape index (κ1) is 20.5. The highest BCUT2D eigenvalue weighted by Crippen LogP contribution is 2.42. The molecule has 0 aliphatic carbocycles. The van der Waals surface area contributed by atoms with Crippen LogP contribution in [0.15, 0.2) is 78.9 Å². The van der Waals surface area contributed by atoms with E-state index in [0.717, 1.165) is 39.0 Å². The summed E-state index contributed by atoms with van der Waals surface area (Å²) in [4.78, 5) is 34.4. The molecular formula is C28H25N3O3. The second-order valence-corrected chi connectivity index (χ2v) is 8.94. The third-order valence-electron chi connectivity index (χ3n) is 6.99. The fourth-order valence-electron chi connectivity index (χ4n) is 5.39. The van der Waals surface area contributed by atoms with Crippen LogP contribution in [0.3, 0.4) is 0 Å². The van der Waals surface area contributed by atoms with Gasteiger partial charge in [-0.1, -0.05) is 60.7 Å². The molecule has 1 saturated heterocycles. The van der Waals surface area contributed by atoms with E-state index >= 15 is 0 Å². The van der Waals surface area contributed by atoms with Gasteiger partial charge in [-0.25, -0.2) is 0 Å². The number of amides is 2. The predicted molar refractivity (Wildman–Crippen MR) is 129 cm³/mol.